The summed E-state index contributed by atoms with van der Waals surface area (Å²) in [5, 5.41) is 4.76. The van der Waals surface area contributed by atoms with Gasteiger partial charge in [0.2, 0.25) is 11.9 Å². The molecule has 1 atom stereocenters. The van der Waals surface area contributed by atoms with Crippen molar-refractivity contribution in [3.63, 3.8) is 0 Å². The van der Waals surface area contributed by atoms with Crippen LogP contribution in [-0.2, 0) is 24.2 Å². The highest BCUT2D eigenvalue weighted by molar-refractivity contribution is 5.93. The van der Waals surface area contributed by atoms with Crippen LogP contribution in [0.1, 0.15) is 66.5 Å². The maximum atomic E-state index is 13.4. The third-order valence-corrected chi connectivity index (χ3v) is 7.58. The number of aromatic nitrogens is 4. The first-order valence-corrected chi connectivity index (χ1v) is 12.3. The number of rotatable bonds is 4. The average molecular weight is 506 g/mol. The third kappa shape index (κ3) is 4.53. The summed E-state index contributed by atoms with van der Waals surface area (Å²) in [7, 11) is 0. The first kappa shape index (κ1) is 24.5. The Morgan fingerprint density at radius 3 is 2.69 bits per heavy atom. The van der Waals surface area contributed by atoms with Crippen molar-refractivity contribution in [3.05, 3.63) is 34.9 Å². The van der Waals surface area contributed by atoms with Gasteiger partial charge in [-0.2, -0.15) is 18.3 Å². The minimum absolute atomic E-state index is 0.0122. The number of fused-ring (bicyclic) bond motifs is 1. The quantitative estimate of drug-likeness (QED) is 0.684. The fourth-order valence-corrected chi connectivity index (χ4v) is 5.61. The zero-order chi connectivity index (χ0) is 25.8. The summed E-state index contributed by atoms with van der Waals surface area (Å²) in [6.07, 6.45) is -0.325. The molecule has 2 N–H and O–H groups in total. The summed E-state index contributed by atoms with van der Waals surface area (Å²) < 4.78 is 41.9. The molecule has 0 aromatic carbocycles. The first-order valence-electron chi connectivity index (χ1n) is 12.3. The summed E-state index contributed by atoms with van der Waals surface area (Å²) >= 11 is 0. The summed E-state index contributed by atoms with van der Waals surface area (Å²) in [4.78, 5) is 36.2. The molecule has 12 heteroatoms. The van der Waals surface area contributed by atoms with Crippen LogP contribution in [0.15, 0.2) is 12.3 Å². The van der Waals surface area contributed by atoms with Gasteiger partial charge in [-0.05, 0) is 49.1 Å². The zero-order valence-electron chi connectivity index (χ0n) is 20.4. The number of amides is 2. The van der Waals surface area contributed by atoms with E-state index in [0.717, 1.165) is 34.7 Å². The predicted octanol–water partition coefficient (Wildman–Crippen LogP) is 2.56. The molecule has 36 heavy (non-hydrogen) atoms. The van der Waals surface area contributed by atoms with Crippen molar-refractivity contribution in [1.82, 2.24) is 29.5 Å². The molecule has 194 valence electrons. The Balaban J connectivity index is 1.35. The molecular weight excluding hydrogens is 475 g/mol. The van der Waals surface area contributed by atoms with Crippen LogP contribution in [0.2, 0.25) is 0 Å². The molecule has 9 nitrogen and oxygen atoms in total. The van der Waals surface area contributed by atoms with Crippen molar-refractivity contribution in [2.45, 2.75) is 70.6 Å². The SMILES string of the molecule is CC1(C)CCc2c(c(C3CN(C(=O)c4ccnc(N)n4)C3)nn2CC(=O)N2CCC[C@H]2C(F)(F)F)C1. The molecule has 0 unspecified atom stereocenters. The Labute approximate surface area is 206 Å². The van der Waals surface area contributed by atoms with Crippen LogP contribution in [0, 0.1) is 5.41 Å². The van der Waals surface area contributed by atoms with Gasteiger partial charge in [0.1, 0.15) is 18.3 Å². The van der Waals surface area contributed by atoms with Crippen LogP contribution in [0.3, 0.4) is 0 Å². The van der Waals surface area contributed by atoms with Crippen LogP contribution in [0.4, 0.5) is 19.1 Å². The molecular formula is C24H30F3N7O2. The van der Waals surface area contributed by atoms with Crippen LogP contribution in [0.5, 0.6) is 0 Å². The topological polar surface area (TPSA) is 110 Å². The summed E-state index contributed by atoms with van der Waals surface area (Å²) in [5.41, 5.74) is 8.70. The molecule has 2 aromatic heterocycles. The predicted molar refractivity (Wildman–Crippen MR) is 124 cm³/mol. The lowest BCUT2D eigenvalue weighted by atomic mass is 9.74. The van der Waals surface area contributed by atoms with E-state index in [9.17, 15) is 22.8 Å². The number of nitrogen functional groups attached to an aromatic ring is 1. The van der Waals surface area contributed by atoms with Crippen molar-refractivity contribution in [1.29, 1.82) is 0 Å². The van der Waals surface area contributed by atoms with E-state index in [1.807, 2.05) is 0 Å². The molecule has 2 fully saturated rings. The molecule has 0 spiro atoms. The molecule has 0 bridgehead atoms. The summed E-state index contributed by atoms with van der Waals surface area (Å²) in [6.45, 7) is 5.16. The van der Waals surface area contributed by atoms with Gasteiger partial charge < -0.3 is 15.5 Å². The van der Waals surface area contributed by atoms with Gasteiger partial charge in [-0.15, -0.1) is 0 Å². The van der Waals surface area contributed by atoms with Gasteiger partial charge in [-0.3, -0.25) is 14.3 Å². The smallest absolute Gasteiger partial charge is 0.368 e. The maximum Gasteiger partial charge on any atom is 0.408 e. The number of likely N-dealkylation sites (tertiary alicyclic amines) is 2. The molecule has 1 aliphatic carbocycles. The van der Waals surface area contributed by atoms with Crippen LogP contribution in [0.25, 0.3) is 0 Å². The minimum Gasteiger partial charge on any atom is -0.368 e. The molecule has 0 radical (unpaired) electrons. The minimum atomic E-state index is -4.43. The van der Waals surface area contributed by atoms with E-state index in [-0.39, 0.29) is 48.4 Å². The standard InChI is InChI=1S/C24H30F3N7O2/c1-23(2)7-5-17-15(10-23)20(14-11-32(12-14)21(36)16-6-8-29-22(28)30-16)31-34(17)13-19(35)33-9-3-4-18(33)24(25,26)27/h6,8,14,18H,3-5,7,9-13H2,1-2H3,(H2,28,29,30)/t18-/m0/s1. The largest absolute Gasteiger partial charge is 0.408 e. The number of carbonyl (C=O) groups is 2. The monoisotopic (exact) mass is 505 g/mol. The lowest BCUT2D eigenvalue weighted by molar-refractivity contribution is -0.183. The van der Waals surface area contributed by atoms with E-state index in [2.05, 4.69) is 23.8 Å². The highest BCUT2D eigenvalue weighted by atomic mass is 19.4. The Morgan fingerprint density at radius 2 is 2.00 bits per heavy atom. The van der Waals surface area contributed by atoms with Gasteiger partial charge in [0.15, 0.2) is 0 Å². The van der Waals surface area contributed by atoms with E-state index in [1.165, 1.54) is 12.3 Å². The van der Waals surface area contributed by atoms with Gasteiger partial charge in [0, 0.05) is 37.4 Å². The highest BCUT2D eigenvalue weighted by Crippen LogP contribution is 2.40. The van der Waals surface area contributed by atoms with Gasteiger partial charge in [-0.25, -0.2) is 9.97 Å². The second-order valence-electron chi connectivity index (χ2n) is 10.8. The van der Waals surface area contributed by atoms with Gasteiger partial charge in [0.05, 0.1) is 5.69 Å². The number of nitrogens with two attached hydrogens (primary N) is 1. The van der Waals surface area contributed by atoms with E-state index in [4.69, 9.17) is 10.8 Å². The summed E-state index contributed by atoms with van der Waals surface area (Å²) in [6, 6.07) is -0.208. The van der Waals surface area contributed by atoms with Crippen molar-refractivity contribution < 1.29 is 22.8 Å². The summed E-state index contributed by atoms with van der Waals surface area (Å²) in [5.74, 6) is -0.773. The number of hydrogen-bond donors (Lipinski definition) is 1. The molecule has 2 saturated heterocycles. The molecule has 5 rings (SSSR count). The fraction of sp³-hybridized carbons (Fsp3) is 0.625. The maximum absolute atomic E-state index is 13.4. The molecule has 3 aliphatic rings. The van der Waals surface area contributed by atoms with E-state index < -0.39 is 18.1 Å². The van der Waals surface area contributed by atoms with Gasteiger partial charge in [-0.1, -0.05) is 13.8 Å². The Morgan fingerprint density at radius 1 is 1.25 bits per heavy atom. The van der Waals surface area contributed by atoms with Crippen LogP contribution >= 0.6 is 0 Å². The first-order chi connectivity index (χ1) is 16.9. The highest BCUT2D eigenvalue weighted by Gasteiger charge is 2.48. The lowest BCUT2D eigenvalue weighted by Crippen LogP contribution is -2.49. The number of carbonyl (C=O) groups excluding carboxylic acids is 2. The van der Waals surface area contributed by atoms with Crippen LogP contribution in [-0.4, -0.2) is 73.2 Å². The zero-order valence-corrected chi connectivity index (χ0v) is 20.4. The van der Waals surface area contributed by atoms with E-state index in [1.54, 1.807) is 9.58 Å². The Hall–Kier alpha value is -3.18. The van der Waals surface area contributed by atoms with E-state index in [0.29, 0.717) is 25.9 Å². The molecule has 2 aliphatic heterocycles. The molecule has 4 heterocycles. The fourth-order valence-electron chi connectivity index (χ4n) is 5.61. The van der Waals surface area contributed by atoms with Crippen molar-refractivity contribution in [3.8, 4) is 0 Å². The number of alkyl halides is 3. The second-order valence-corrected chi connectivity index (χ2v) is 10.8. The molecule has 0 saturated carbocycles. The molecule has 2 aromatic rings. The third-order valence-electron chi connectivity index (χ3n) is 7.58. The Bertz CT molecular complexity index is 1190. The number of nitrogens with zero attached hydrogens (tertiary/aromatic N) is 6. The number of halogens is 3. The molecule has 2 amide bonds. The van der Waals surface area contributed by atoms with Crippen molar-refractivity contribution >= 4 is 17.8 Å². The van der Waals surface area contributed by atoms with Gasteiger partial charge >= 0.3 is 6.18 Å². The normalized spacial score (nSPS) is 21.9. The van der Waals surface area contributed by atoms with Crippen LogP contribution < -0.4 is 5.73 Å². The van der Waals surface area contributed by atoms with Crippen molar-refractivity contribution in [2.24, 2.45) is 5.41 Å². The lowest BCUT2D eigenvalue weighted by Gasteiger charge is -2.39. The number of hydrogen-bond acceptors (Lipinski definition) is 6. The van der Waals surface area contributed by atoms with E-state index >= 15 is 0 Å². The second kappa shape index (κ2) is 8.74. The average Bonchev–Trinajstić information content (AvgIpc) is 3.38. The van der Waals surface area contributed by atoms with Gasteiger partial charge in [0.25, 0.3) is 5.91 Å². The Kier molecular flexibility index (Phi) is 5.95. The number of anilines is 1. The van der Waals surface area contributed by atoms with Crippen molar-refractivity contribution in [2.75, 3.05) is 25.4 Å².